The van der Waals surface area contributed by atoms with Crippen LogP contribution in [-0.2, 0) is 28.9 Å². The summed E-state index contributed by atoms with van der Waals surface area (Å²) in [6.07, 6.45) is 3.29. The Balaban J connectivity index is 1.37. The van der Waals surface area contributed by atoms with Gasteiger partial charge in [0.25, 0.3) is 5.91 Å². The summed E-state index contributed by atoms with van der Waals surface area (Å²) in [5.74, 6) is -0.887. The van der Waals surface area contributed by atoms with Gasteiger partial charge < -0.3 is 10.1 Å². The quantitative estimate of drug-likeness (QED) is 0.635. The number of nitrogens with one attached hydrogen (secondary N) is 1. The van der Waals surface area contributed by atoms with Crippen LogP contribution in [0, 0.1) is 13.8 Å². The van der Waals surface area contributed by atoms with Gasteiger partial charge in [-0.2, -0.15) is 5.10 Å². The second-order valence-corrected chi connectivity index (χ2v) is 7.65. The third-order valence-corrected chi connectivity index (χ3v) is 5.48. The molecule has 154 valence electrons. The summed E-state index contributed by atoms with van der Waals surface area (Å²) >= 11 is 0. The topological polar surface area (TPSA) is 73.2 Å². The van der Waals surface area contributed by atoms with Crippen molar-refractivity contribution < 1.29 is 14.3 Å². The fraction of sp³-hybridized carbons (Fsp3) is 0.292. The van der Waals surface area contributed by atoms with E-state index in [1.54, 1.807) is 11.6 Å². The van der Waals surface area contributed by atoms with E-state index in [1.807, 2.05) is 49.4 Å². The molecule has 0 saturated carbocycles. The molecule has 30 heavy (non-hydrogen) atoms. The Hall–Kier alpha value is -3.41. The monoisotopic (exact) mass is 403 g/mol. The van der Waals surface area contributed by atoms with E-state index in [2.05, 4.69) is 16.5 Å². The van der Waals surface area contributed by atoms with Crippen LogP contribution in [-0.4, -0.2) is 28.3 Å². The molecule has 1 aromatic heterocycles. The van der Waals surface area contributed by atoms with Gasteiger partial charge in [-0.05, 0) is 61.9 Å². The predicted molar refractivity (Wildman–Crippen MR) is 115 cm³/mol. The van der Waals surface area contributed by atoms with Crippen LogP contribution >= 0.6 is 0 Å². The molecule has 0 atom stereocenters. The van der Waals surface area contributed by atoms with Crippen molar-refractivity contribution in [3.05, 3.63) is 82.2 Å². The maximum absolute atomic E-state index is 12.6. The predicted octanol–water partition coefficient (Wildman–Crippen LogP) is 3.83. The first-order valence-corrected chi connectivity index (χ1v) is 10.2. The molecule has 4 rings (SSSR count). The first-order chi connectivity index (χ1) is 14.5. The average Bonchev–Trinajstić information content (AvgIpc) is 3.30. The lowest BCUT2D eigenvalue weighted by Gasteiger charge is -2.09. The number of rotatable bonds is 6. The van der Waals surface area contributed by atoms with Crippen LogP contribution in [0.2, 0.25) is 0 Å². The van der Waals surface area contributed by atoms with E-state index in [-0.39, 0.29) is 12.5 Å². The van der Waals surface area contributed by atoms with Gasteiger partial charge >= 0.3 is 5.97 Å². The van der Waals surface area contributed by atoms with Gasteiger partial charge in [-0.3, -0.25) is 9.48 Å². The largest absolute Gasteiger partial charge is 0.452 e. The number of esters is 1. The Labute approximate surface area is 175 Å². The fourth-order valence-corrected chi connectivity index (χ4v) is 3.95. The molecule has 6 heteroatoms. The van der Waals surface area contributed by atoms with Crippen molar-refractivity contribution in [1.82, 2.24) is 9.78 Å². The zero-order chi connectivity index (χ0) is 21.1. The van der Waals surface area contributed by atoms with Gasteiger partial charge in [-0.15, -0.1) is 0 Å². The van der Waals surface area contributed by atoms with E-state index in [9.17, 15) is 9.59 Å². The summed E-state index contributed by atoms with van der Waals surface area (Å²) in [5.41, 5.74) is 6.18. The van der Waals surface area contributed by atoms with Crippen LogP contribution in [0.15, 0.2) is 48.5 Å². The molecule has 3 aromatic rings. The van der Waals surface area contributed by atoms with Gasteiger partial charge in [0.2, 0.25) is 0 Å². The molecular weight excluding hydrogens is 378 g/mol. The van der Waals surface area contributed by atoms with E-state index >= 15 is 0 Å². The van der Waals surface area contributed by atoms with E-state index in [0.29, 0.717) is 17.8 Å². The number of anilines is 1. The summed E-state index contributed by atoms with van der Waals surface area (Å²) in [7, 11) is 0. The molecule has 1 heterocycles. The minimum atomic E-state index is -0.534. The molecule has 0 bridgehead atoms. The molecule has 1 N–H and O–H groups in total. The minimum absolute atomic E-state index is 0.335. The second kappa shape index (κ2) is 8.53. The van der Waals surface area contributed by atoms with E-state index < -0.39 is 5.97 Å². The third-order valence-electron chi connectivity index (χ3n) is 5.48. The highest BCUT2D eigenvalue weighted by Gasteiger charge is 2.21. The van der Waals surface area contributed by atoms with Crippen molar-refractivity contribution in [2.24, 2.45) is 0 Å². The molecular formula is C24H25N3O3. The van der Waals surface area contributed by atoms with Gasteiger partial charge in [-0.1, -0.05) is 36.4 Å². The van der Waals surface area contributed by atoms with Crippen LogP contribution in [0.25, 0.3) is 0 Å². The van der Waals surface area contributed by atoms with Crippen LogP contribution < -0.4 is 5.32 Å². The first-order valence-electron chi connectivity index (χ1n) is 10.2. The van der Waals surface area contributed by atoms with Crippen molar-refractivity contribution in [3.63, 3.8) is 0 Å². The lowest BCUT2D eigenvalue weighted by Crippen LogP contribution is -2.21. The van der Waals surface area contributed by atoms with E-state index in [1.165, 1.54) is 11.1 Å². The number of amides is 1. The van der Waals surface area contributed by atoms with Gasteiger partial charge in [0, 0.05) is 5.69 Å². The Kier molecular flexibility index (Phi) is 5.65. The smallest absolute Gasteiger partial charge is 0.342 e. The minimum Gasteiger partial charge on any atom is -0.452 e. The molecule has 0 spiro atoms. The highest BCUT2D eigenvalue weighted by molar-refractivity contribution is 5.96. The molecule has 1 aliphatic rings. The Morgan fingerprint density at radius 2 is 1.83 bits per heavy atom. The number of aromatic nitrogens is 2. The number of carbonyl (C=O) groups is 2. The third kappa shape index (κ3) is 4.27. The SMILES string of the molecule is Cc1nn(Cc2ccccc2)c(C)c1C(=O)OCC(=O)Nc1ccc2c(c1)CCC2. The average molecular weight is 403 g/mol. The molecule has 0 radical (unpaired) electrons. The van der Waals surface area contributed by atoms with Gasteiger partial charge in [0.05, 0.1) is 17.9 Å². The van der Waals surface area contributed by atoms with Crippen molar-refractivity contribution >= 4 is 17.6 Å². The number of aryl methyl sites for hydroxylation is 3. The van der Waals surface area contributed by atoms with Crippen LogP contribution in [0.4, 0.5) is 5.69 Å². The number of fused-ring (bicyclic) bond motifs is 1. The highest BCUT2D eigenvalue weighted by atomic mass is 16.5. The zero-order valence-corrected chi connectivity index (χ0v) is 17.3. The Morgan fingerprint density at radius 1 is 1.07 bits per heavy atom. The Morgan fingerprint density at radius 3 is 2.63 bits per heavy atom. The summed E-state index contributed by atoms with van der Waals surface area (Å²) in [6.45, 7) is 3.85. The van der Waals surface area contributed by atoms with Crippen molar-refractivity contribution in [3.8, 4) is 0 Å². The fourth-order valence-electron chi connectivity index (χ4n) is 3.95. The number of nitrogens with zero attached hydrogens (tertiary/aromatic N) is 2. The van der Waals surface area contributed by atoms with Gasteiger partial charge in [-0.25, -0.2) is 4.79 Å². The normalized spacial score (nSPS) is 12.5. The first kappa shape index (κ1) is 19.9. The molecule has 1 amide bonds. The van der Waals surface area contributed by atoms with Crippen LogP contribution in [0.3, 0.4) is 0 Å². The molecule has 2 aromatic carbocycles. The van der Waals surface area contributed by atoms with E-state index in [4.69, 9.17) is 4.74 Å². The maximum Gasteiger partial charge on any atom is 0.342 e. The Bertz CT molecular complexity index is 1090. The highest BCUT2D eigenvalue weighted by Crippen LogP contribution is 2.25. The second-order valence-electron chi connectivity index (χ2n) is 7.65. The zero-order valence-electron chi connectivity index (χ0n) is 17.3. The molecule has 0 fully saturated rings. The van der Waals surface area contributed by atoms with Gasteiger partial charge in [0.15, 0.2) is 6.61 Å². The van der Waals surface area contributed by atoms with Crippen molar-refractivity contribution in [2.45, 2.75) is 39.7 Å². The van der Waals surface area contributed by atoms with Crippen LogP contribution in [0.1, 0.15) is 44.9 Å². The lowest BCUT2D eigenvalue weighted by molar-refractivity contribution is -0.119. The number of benzene rings is 2. The number of ether oxygens (including phenoxy) is 1. The van der Waals surface area contributed by atoms with Gasteiger partial charge in [0.1, 0.15) is 5.56 Å². The molecule has 6 nitrogen and oxygen atoms in total. The standard InChI is InChI=1S/C24H25N3O3/c1-16-23(17(2)27(26-16)14-18-7-4-3-5-8-18)24(29)30-15-22(28)25-21-12-11-19-9-6-10-20(19)13-21/h3-5,7-8,11-13H,6,9-10,14-15H2,1-2H3,(H,25,28). The number of hydrogen-bond acceptors (Lipinski definition) is 4. The van der Waals surface area contributed by atoms with Crippen molar-refractivity contribution in [2.75, 3.05) is 11.9 Å². The van der Waals surface area contributed by atoms with Crippen LogP contribution in [0.5, 0.6) is 0 Å². The maximum atomic E-state index is 12.6. The summed E-state index contributed by atoms with van der Waals surface area (Å²) in [4.78, 5) is 24.9. The van der Waals surface area contributed by atoms with Crippen molar-refractivity contribution in [1.29, 1.82) is 0 Å². The molecule has 0 saturated heterocycles. The number of carbonyl (C=O) groups excluding carboxylic acids is 2. The summed E-state index contributed by atoms with van der Waals surface area (Å²) < 4.78 is 7.06. The summed E-state index contributed by atoms with van der Waals surface area (Å²) in [5, 5.41) is 7.28. The molecule has 0 aliphatic heterocycles. The molecule has 0 unspecified atom stereocenters. The summed E-state index contributed by atoms with van der Waals surface area (Å²) in [6, 6.07) is 15.9. The lowest BCUT2D eigenvalue weighted by atomic mass is 10.1. The van der Waals surface area contributed by atoms with E-state index in [0.717, 1.165) is 36.2 Å². The number of hydrogen-bond donors (Lipinski definition) is 1. The molecule has 1 aliphatic carbocycles.